The lowest BCUT2D eigenvalue weighted by atomic mass is 9.92. The Hall–Kier alpha value is -1.24. The zero-order chi connectivity index (χ0) is 18.3. The minimum absolute atomic E-state index is 0.0461. The van der Waals surface area contributed by atoms with Crippen molar-refractivity contribution >= 4 is 38.9 Å². The number of anilines is 1. The second-order valence-electron chi connectivity index (χ2n) is 6.87. The van der Waals surface area contributed by atoms with Crippen molar-refractivity contribution in [1.82, 2.24) is 9.78 Å². The summed E-state index contributed by atoms with van der Waals surface area (Å²) in [5.41, 5.74) is 0.311. The lowest BCUT2D eigenvalue weighted by Gasteiger charge is -2.18. The van der Waals surface area contributed by atoms with E-state index >= 15 is 0 Å². The van der Waals surface area contributed by atoms with Gasteiger partial charge in [-0.3, -0.25) is 9.40 Å². The van der Waals surface area contributed by atoms with E-state index in [0.29, 0.717) is 5.69 Å². The molecule has 0 unspecified atom stereocenters. The highest BCUT2D eigenvalue weighted by Crippen LogP contribution is 2.33. The molecule has 0 aliphatic carbocycles. The van der Waals surface area contributed by atoms with E-state index in [-0.39, 0.29) is 26.7 Å². The van der Waals surface area contributed by atoms with Crippen LogP contribution in [0.2, 0.25) is 10.0 Å². The quantitative estimate of drug-likeness (QED) is 0.810. The normalized spacial score (nSPS) is 12.7. The molecule has 2 rings (SSSR count). The first-order valence-electron chi connectivity index (χ1n) is 7.50. The van der Waals surface area contributed by atoms with Gasteiger partial charge in [0.05, 0.1) is 21.4 Å². The Morgan fingerprint density at radius 3 is 2.38 bits per heavy atom. The SMILES string of the molecule is CC(C)n1cc(S(=O)(=O)Nc2cccc(Cl)c2Cl)c(C(C)(C)C)n1. The summed E-state index contributed by atoms with van der Waals surface area (Å²) >= 11 is 12.0. The maximum absolute atomic E-state index is 12.9. The number of hydrogen-bond acceptors (Lipinski definition) is 3. The largest absolute Gasteiger partial charge is 0.278 e. The molecular weight excluding hydrogens is 369 g/mol. The Morgan fingerprint density at radius 1 is 1.21 bits per heavy atom. The van der Waals surface area contributed by atoms with Gasteiger partial charge in [-0.2, -0.15) is 5.10 Å². The topological polar surface area (TPSA) is 64.0 Å². The highest BCUT2D eigenvalue weighted by Gasteiger charge is 2.30. The molecular formula is C16H21Cl2N3O2S. The van der Waals surface area contributed by atoms with Gasteiger partial charge >= 0.3 is 0 Å². The lowest BCUT2D eigenvalue weighted by molar-refractivity contribution is 0.493. The summed E-state index contributed by atoms with van der Waals surface area (Å²) in [6.07, 6.45) is 1.55. The average molecular weight is 390 g/mol. The molecule has 1 aromatic heterocycles. The molecule has 1 heterocycles. The zero-order valence-corrected chi connectivity index (χ0v) is 16.6. The van der Waals surface area contributed by atoms with Crippen LogP contribution >= 0.6 is 23.2 Å². The third-order valence-corrected chi connectivity index (χ3v) is 5.61. The van der Waals surface area contributed by atoms with Crippen LogP contribution in [0.3, 0.4) is 0 Å². The first-order chi connectivity index (χ1) is 10.9. The molecule has 0 amide bonds. The molecule has 0 spiro atoms. The maximum atomic E-state index is 12.9. The van der Waals surface area contributed by atoms with E-state index in [1.165, 1.54) is 0 Å². The molecule has 0 saturated heterocycles. The number of nitrogens with zero attached hydrogens (tertiary/aromatic N) is 2. The van der Waals surface area contributed by atoms with Gasteiger partial charge in [0.1, 0.15) is 4.90 Å². The van der Waals surface area contributed by atoms with Gasteiger partial charge < -0.3 is 0 Å². The van der Waals surface area contributed by atoms with Crippen molar-refractivity contribution in [2.75, 3.05) is 4.72 Å². The molecule has 0 fully saturated rings. The molecule has 5 nitrogen and oxygen atoms in total. The van der Waals surface area contributed by atoms with E-state index in [0.717, 1.165) is 0 Å². The average Bonchev–Trinajstić information content (AvgIpc) is 2.90. The molecule has 2 aromatic rings. The second kappa shape index (κ2) is 6.58. The van der Waals surface area contributed by atoms with E-state index in [1.807, 2.05) is 34.6 Å². The maximum Gasteiger partial charge on any atom is 0.265 e. The van der Waals surface area contributed by atoms with Crippen LogP contribution in [0.4, 0.5) is 5.69 Å². The molecule has 1 aromatic carbocycles. The predicted octanol–water partition coefficient (Wildman–Crippen LogP) is 4.87. The number of halogens is 2. The highest BCUT2D eigenvalue weighted by molar-refractivity contribution is 7.92. The Kier molecular flexibility index (Phi) is 5.23. The number of benzene rings is 1. The highest BCUT2D eigenvalue weighted by atomic mass is 35.5. The van der Waals surface area contributed by atoms with Gasteiger partial charge in [-0.25, -0.2) is 8.42 Å². The second-order valence-corrected chi connectivity index (χ2v) is 9.31. The van der Waals surface area contributed by atoms with E-state index in [9.17, 15) is 8.42 Å². The van der Waals surface area contributed by atoms with Crippen molar-refractivity contribution in [3.05, 3.63) is 40.1 Å². The number of hydrogen-bond donors (Lipinski definition) is 1. The standard InChI is InChI=1S/C16H21Cl2N3O2S/c1-10(2)21-9-13(15(19-21)16(3,4)5)24(22,23)20-12-8-6-7-11(17)14(12)18/h6-10,20H,1-5H3. The summed E-state index contributed by atoms with van der Waals surface area (Å²) < 4.78 is 30.0. The molecule has 1 N–H and O–H groups in total. The third-order valence-electron chi connectivity index (χ3n) is 3.42. The summed E-state index contributed by atoms with van der Waals surface area (Å²) in [6, 6.07) is 4.84. The van der Waals surface area contributed by atoms with Crippen LogP contribution in [0.15, 0.2) is 29.3 Å². The van der Waals surface area contributed by atoms with Gasteiger partial charge in [0.2, 0.25) is 0 Å². The number of aromatic nitrogens is 2. The van der Waals surface area contributed by atoms with Crippen LogP contribution in [0.5, 0.6) is 0 Å². The van der Waals surface area contributed by atoms with Crippen LogP contribution in [0.25, 0.3) is 0 Å². The molecule has 132 valence electrons. The fraction of sp³-hybridized carbons (Fsp3) is 0.438. The summed E-state index contributed by atoms with van der Waals surface area (Å²) in [4.78, 5) is 0.139. The van der Waals surface area contributed by atoms with Crippen molar-refractivity contribution in [1.29, 1.82) is 0 Å². The molecule has 0 atom stereocenters. The molecule has 0 radical (unpaired) electrons. The van der Waals surface area contributed by atoms with Gasteiger partial charge in [0.25, 0.3) is 10.0 Å². The van der Waals surface area contributed by atoms with Crippen LogP contribution < -0.4 is 4.72 Å². The van der Waals surface area contributed by atoms with Crippen molar-refractivity contribution in [3.63, 3.8) is 0 Å². The molecule has 0 saturated carbocycles. The fourth-order valence-corrected chi connectivity index (χ4v) is 3.96. The number of sulfonamides is 1. The van der Waals surface area contributed by atoms with Crippen LogP contribution in [0, 0.1) is 0 Å². The van der Waals surface area contributed by atoms with Crippen LogP contribution in [0.1, 0.15) is 46.4 Å². The molecule has 8 heteroatoms. The smallest absolute Gasteiger partial charge is 0.265 e. The Bertz CT molecular complexity index is 853. The van der Waals surface area contributed by atoms with E-state index in [1.54, 1.807) is 29.1 Å². The minimum Gasteiger partial charge on any atom is -0.278 e. The number of nitrogens with one attached hydrogen (secondary N) is 1. The van der Waals surface area contributed by atoms with Crippen LogP contribution in [-0.4, -0.2) is 18.2 Å². The summed E-state index contributed by atoms with van der Waals surface area (Å²) in [7, 11) is -3.86. The van der Waals surface area contributed by atoms with Crippen molar-refractivity contribution in [2.24, 2.45) is 0 Å². The summed E-state index contributed by atoms with van der Waals surface area (Å²) in [6.45, 7) is 9.65. The summed E-state index contributed by atoms with van der Waals surface area (Å²) in [5, 5.41) is 4.91. The van der Waals surface area contributed by atoms with Gasteiger partial charge in [-0.05, 0) is 26.0 Å². The first kappa shape index (κ1) is 19.1. The lowest BCUT2D eigenvalue weighted by Crippen LogP contribution is -2.20. The van der Waals surface area contributed by atoms with Gasteiger partial charge in [-0.1, -0.05) is 50.0 Å². The fourth-order valence-electron chi connectivity index (χ4n) is 2.14. The molecule has 24 heavy (non-hydrogen) atoms. The Morgan fingerprint density at radius 2 is 1.83 bits per heavy atom. The molecule has 0 aliphatic rings. The minimum atomic E-state index is -3.86. The van der Waals surface area contributed by atoms with Gasteiger partial charge in [0, 0.05) is 17.7 Å². The van der Waals surface area contributed by atoms with Gasteiger partial charge in [-0.15, -0.1) is 0 Å². The van der Waals surface area contributed by atoms with E-state index in [4.69, 9.17) is 23.2 Å². The van der Waals surface area contributed by atoms with Crippen LogP contribution in [-0.2, 0) is 15.4 Å². The number of rotatable bonds is 4. The van der Waals surface area contributed by atoms with E-state index < -0.39 is 15.4 Å². The van der Waals surface area contributed by atoms with Crippen molar-refractivity contribution in [2.45, 2.75) is 51.0 Å². The van der Waals surface area contributed by atoms with Crippen molar-refractivity contribution in [3.8, 4) is 0 Å². The van der Waals surface area contributed by atoms with E-state index in [2.05, 4.69) is 9.82 Å². The summed E-state index contributed by atoms with van der Waals surface area (Å²) in [5.74, 6) is 0. The van der Waals surface area contributed by atoms with Crippen molar-refractivity contribution < 1.29 is 8.42 Å². The Labute approximate surface area is 153 Å². The predicted molar refractivity (Wildman–Crippen MR) is 98.6 cm³/mol. The monoisotopic (exact) mass is 389 g/mol. The molecule has 0 aliphatic heterocycles. The third kappa shape index (κ3) is 3.87. The van der Waals surface area contributed by atoms with Gasteiger partial charge in [0.15, 0.2) is 0 Å². The Balaban J connectivity index is 2.55. The molecule has 0 bridgehead atoms. The first-order valence-corrected chi connectivity index (χ1v) is 9.74. The zero-order valence-electron chi connectivity index (χ0n) is 14.3.